The van der Waals surface area contributed by atoms with Crippen LogP contribution in [0.1, 0.15) is 59.9 Å². The summed E-state index contributed by atoms with van der Waals surface area (Å²) in [5.74, 6) is -0.202. The zero-order valence-corrected chi connectivity index (χ0v) is 22.3. The monoisotopic (exact) mass is 510 g/mol. The van der Waals surface area contributed by atoms with Gasteiger partial charge in [-0.2, -0.15) is 0 Å². The number of fused-ring (bicyclic) bond motifs is 1. The Hall–Kier alpha value is -2.97. The molecule has 2 aliphatic heterocycles. The Bertz CT molecular complexity index is 1090. The van der Waals surface area contributed by atoms with E-state index in [1.54, 1.807) is 30.3 Å². The van der Waals surface area contributed by atoms with Crippen molar-refractivity contribution in [2.45, 2.75) is 58.3 Å². The summed E-state index contributed by atoms with van der Waals surface area (Å²) < 4.78 is 19.9. The molecular formula is C29H39FN4O3. The Morgan fingerprint density at radius 1 is 1.19 bits per heavy atom. The topological polar surface area (TPSA) is 73.9 Å². The average molecular weight is 511 g/mol. The summed E-state index contributed by atoms with van der Waals surface area (Å²) in [7, 11) is 2.00. The van der Waals surface area contributed by atoms with Crippen LogP contribution in [0.15, 0.2) is 42.5 Å². The SMILES string of the molecule is CC(C)N1C[C@H](C)[C@@H](CN(C)Cc2ccc(F)cc2)Oc2c(C(=O)NC3CCNCC3)cccc2C1=O. The quantitative estimate of drug-likeness (QED) is 0.595. The van der Waals surface area contributed by atoms with Crippen LogP contribution in [-0.2, 0) is 6.54 Å². The van der Waals surface area contributed by atoms with Gasteiger partial charge < -0.3 is 20.3 Å². The minimum Gasteiger partial charge on any atom is -0.487 e. The number of para-hydroxylation sites is 1. The molecule has 37 heavy (non-hydrogen) atoms. The zero-order valence-electron chi connectivity index (χ0n) is 22.3. The molecule has 2 heterocycles. The van der Waals surface area contributed by atoms with Crippen molar-refractivity contribution in [3.05, 3.63) is 65.0 Å². The number of halogens is 1. The molecule has 0 bridgehead atoms. The first-order chi connectivity index (χ1) is 17.7. The van der Waals surface area contributed by atoms with Gasteiger partial charge in [-0.25, -0.2) is 4.39 Å². The lowest BCUT2D eigenvalue weighted by Crippen LogP contribution is -2.48. The van der Waals surface area contributed by atoms with Crippen LogP contribution in [0.2, 0.25) is 0 Å². The maximum atomic E-state index is 13.6. The van der Waals surface area contributed by atoms with E-state index in [0.717, 1.165) is 31.5 Å². The predicted octanol–water partition coefficient (Wildman–Crippen LogP) is 3.69. The second kappa shape index (κ2) is 12.0. The summed E-state index contributed by atoms with van der Waals surface area (Å²) >= 11 is 0. The van der Waals surface area contributed by atoms with Crippen LogP contribution in [-0.4, -0.2) is 73.0 Å². The highest BCUT2D eigenvalue weighted by Gasteiger charge is 2.34. The number of nitrogens with one attached hydrogen (secondary N) is 2. The molecule has 2 aromatic rings. The normalized spacial score (nSPS) is 20.8. The highest BCUT2D eigenvalue weighted by Crippen LogP contribution is 2.32. The van der Waals surface area contributed by atoms with E-state index in [2.05, 4.69) is 22.5 Å². The molecule has 0 aromatic heterocycles. The van der Waals surface area contributed by atoms with Crippen molar-refractivity contribution in [1.29, 1.82) is 0 Å². The summed E-state index contributed by atoms with van der Waals surface area (Å²) in [6.07, 6.45) is 1.48. The zero-order chi connectivity index (χ0) is 26.5. The van der Waals surface area contributed by atoms with Gasteiger partial charge in [-0.1, -0.05) is 25.1 Å². The van der Waals surface area contributed by atoms with E-state index in [4.69, 9.17) is 4.74 Å². The maximum Gasteiger partial charge on any atom is 0.257 e. The molecular weight excluding hydrogens is 471 g/mol. The molecule has 2 amide bonds. The lowest BCUT2D eigenvalue weighted by molar-refractivity contribution is 0.0426. The Morgan fingerprint density at radius 3 is 2.57 bits per heavy atom. The second-order valence-corrected chi connectivity index (χ2v) is 10.7. The first-order valence-corrected chi connectivity index (χ1v) is 13.3. The van der Waals surface area contributed by atoms with E-state index in [1.807, 2.05) is 25.8 Å². The molecule has 0 saturated carbocycles. The van der Waals surface area contributed by atoms with Crippen LogP contribution < -0.4 is 15.4 Å². The molecule has 0 spiro atoms. The number of ether oxygens (including phenoxy) is 1. The van der Waals surface area contributed by atoms with Gasteiger partial charge in [0, 0.05) is 37.6 Å². The lowest BCUT2D eigenvalue weighted by Gasteiger charge is -2.38. The minimum absolute atomic E-state index is 0.00529. The number of benzene rings is 2. The minimum atomic E-state index is -0.258. The smallest absolute Gasteiger partial charge is 0.257 e. The first-order valence-electron chi connectivity index (χ1n) is 13.3. The van der Waals surface area contributed by atoms with E-state index in [-0.39, 0.29) is 41.7 Å². The van der Waals surface area contributed by atoms with Crippen LogP contribution in [0.5, 0.6) is 5.75 Å². The number of hydrogen-bond acceptors (Lipinski definition) is 5. The van der Waals surface area contributed by atoms with Gasteiger partial charge in [-0.15, -0.1) is 0 Å². The molecule has 1 fully saturated rings. The fourth-order valence-electron chi connectivity index (χ4n) is 5.11. The molecule has 4 rings (SSSR count). The third kappa shape index (κ3) is 6.67. The molecule has 2 aromatic carbocycles. The van der Waals surface area contributed by atoms with Gasteiger partial charge in [0.1, 0.15) is 17.7 Å². The Labute approximate surface area is 219 Å². The highest BCUT2D eigenvalue weighted by atomic mass is 19.1. The number of likely N-dealkylation sites (N-methyl/N-ethyl adjacent to an activating group) is 1. The van der Waals surface area contributed by atoms with Crippen molar-refractivity contribution in [3.8, 4) is 5.75 Å². The predicted molar refractivity (Wildman–Crippen MR) is 142 cm³/mol. The third-order valence-electron chi connectivity index (χ3n) is 7.29. The Morgan fingerprint density at radius 2 is 1.89 bits per heavy atom. The van der Waals surface area contributed by atoms with E-state index < -0.39 is 0 Å². The number of hydrogen-bond donors (Lipinski definition) is 2. The number of nitrogens with zero attached hydrogens (tertiary/aromatic N) is 2. The Kier molecular flexibility index (Phi) is 8.82. The molecule has 1 saturated heterocycles. The lowest BCUT2D eigenvalue weighted by atomic mass is 9.97. The molecule has 8 heteroatoms. The van der Waals surface area contributed by atoms with Gasteiger partial charge in [-0.05, 0) is 76.7 Å². The van der Waals surface area contributed by atoms with Crippen molar-refractivity contribution in [2.75, 3.05) is 33.2 Å². The summed E-state index contributed by atoms with van der Waals surface area (Å²) in [6.45, 7) is 9.61. The van der Waals surface area contributed by atoms with Crippen molar-refractivity contribution < 1.29 is 18.7 Å². The summed E-state index contributed by atoms with van der Waals surface area (Å²) in [5, 5.41) is 6.46. The molecule has 200 valence electrons. The average Bonchev–Trinajstić information content (AvgIpc) is 2.87. The molecule has 2 N–H and O–H groups in total. The van der Waals surface area contributed by atoms with E-state index >= 15 is 0 Å². The first kappa shape index (κ1) is 27.1. The van der Waals surface area contributed by atoms with E-state index in [1.165, 1.54) is 12.1 Å². The van der Waals surface area contributed by atoms with Gasteiger partial charge in [0.05, 0.1) is 11.1 Å². The molecule has 7 nitrogen and oxygen atoms in total. The fourth-order valence-corrected chi connectivity index (χ4v) is 5.11. The number of rotatable bonds is 7. The van der Waals surface area contributed by atoms with Gasteiger partial charge in [0.2, 0.25) is 0 Å². The number of carbonyl (C=O) groups is 2. The Balaban J connectivity index is 1.62. The maximum absolute atomic E-state index is 13.6. The van der Waals surface area contributed by atoms with Crippen LogP contribution in [0.25, 0.3) is 0 Å². The highest BCUT2D eigenvalue weighted by molar-refractivity contribution is 6.04. The van der Waals surface area contributed by atoms with Crippen LogP contribution in [0, 0.1) is 11.7 Å². The summed E-state index contributed by atoms with van der Waals surface area (Å²) in [5.41, 5.74) is 1.82. The third-order valence-corrected chi connectivity index (χ3v) is 7.29. The number of carbonyl (C=O) groups excluding carboxylic acids is 2. The van der Waals surface area contributed by atoms with Crippen LogP contribution in [0.4, 0.5) is 4.39 Å². The van der Waals surface area contributed by atoms with Crippen molar-refractivity contribution >= 4 is 11.8 Å². The van der Waals surface area contributed by atoms with Gasteiger partial charge in [-0.3, -0.25) is 14.5 Å². The molecule has 2 aliphatic rings. The van der Waals surface area contributed by atoms with E-state index in [9.17, 15) is 14.0 Å². The molecule has 0 unspecified atom stereocenters. The number of amides is 2. The number of piperidine rings is 1. The largest absolute Gasteiger partial charge is 0.487 e. The molecule has 0 aliphatic carbocycles. The standard InChI is InChI=1S/C29H39FN4O3/c1-19(2)34-16-20(3)26(18-33(4)17-21-8-10-22(30)11-9-21)37-27-24(6-5-7-25(27)29(34)36)28(35)32-23-12-14-31-15-13-23/h5-11,19-20,23,26,31H,12-18H2,1-4H3,(H,32,35)/t20-,26+/m0/s1. The van der Waals surface area contributed by atoms with Crippen molar-refractivity contribution in [3.63, 3.8) is 0 Å². The van der Waals surface area contributed by atoms with Crippen LogP contribution >= 0.6 is 0 Å². The summed E-state index contributed by atoms with van der Waals surface area (Å²) in [6, 6.07) is 11.9. The fraction of sp³-hybridized carbons (Fsp3) is 0.517. The van der Waals surface area contributed by atoms with Gasteiger partial charge in [0.25, 0.3) is 11.8 Å². The molecule has 0 radical (unpaired) electrons. The van der Waals surface area contributed by atoms with E-state index in [0.29, 0.717) is 36.5 Å². The van der Waals surface area contributed by atoms with Gasteiger partial charge >= 0.3 is 0 Å². The second-order valence-electron chi connectivity index (χ2n) is 10.7. The van der Waals surface area contributed by atoms with Crippen molar-refractivity contribution in [1.82, 2.24) is 20.4 Å². The van der Waals surface area contributed by atoms with Crippen LogP contribution in [0.3, 0.4) is 0 Å². The summed E-state index contributed by atoms with van der Waals surface area (Å²) in [4.78, 5) is 31.0. The van der Waals surface area contributed by atoms with Gasteiger partial charge in [0.15, 0.2) is 0 Å². The van der Waals surface area contributed by atoms with Crippen molar-refractivity contribution in [2.24, 2.45) is 5.92 Å². The molecule has 2 atom stereocenters.